The van der Waals surface area contributed by atoms with Crippen molar-refractivity contribution in [1.29, 1.82) is 0 Å². The van der Waals surface area contributed by atoms with Crippen molar-refractivity contribution in [2.45, 2.75) is 0 Å². The zero-order valence-corrected chi connectivity index (χ0v) is 17.6. The number of hydrogen-bond acceptors (Lipinski definition) is 8. The van der Waals surface area contributed by atoms with E-state index in [0.717, 1.165) is 11.8 Å². The number of allylic oxidation sites excluding steroid dienone is 1. The van der Waals surface area contributed by atoms with Crippen molar-refractivity contribution in [2.75, 3.05) is 31.2 Å². The quantitative estimate of drug-likeness (QED) is 0.0806. The highest BCUT2D eigenvalue weighted by Crippen LogP contribution is 2.23. The van der Waals surface area contributed by atoms with Gasteiger partial charge in [-0.2, -0.15) is 10.2 Å². The van der Waals surface area contributed by atoms with Gasteiger partial charge in [-0.05, 0) is 42.5 Å². The van der Waals surface area contributed by atoms with Crippen LogP contribution in [0.15, 0.2) is 96.4 Å². The summed E-state index contributed by atoms with van der Waals surface area (Å²) in [5.41, 5.74) is 1.99. The number of carbonyl (C=O) groups excluding carboxylic acids is 1. The lowest BCUT2D eigenvalue weighted by molar-refractivity contribution is -0.384. The van der Waals surface area contributed by atoms with Crippen LogP contribution < -0.4 is 4.90 Å². The van der Waals surface area contributed by atoms with Gasteiger partial charge in [-0.1, -0.05) is 19.7 Å². The smallest absolute Gasteiger partial charge is 0.330 e. The van der Waals surface area contributed by atoms with Crippen molar-refractivity contribution in [3.8, 4) is 0 Å². The van der Waals surface area contributed by atoms with Gasteiger partial charge in [-0.15, -0.1) is 0 Å². The van der Waals surface area contributed by atoms with Crippen LogP contribution >= 0.6 is 0 Å². The topological polar surface area (TPSA) is 107 Å². The zero-order chi connectivity index (χ0) is 23.3. The Kier molecular flexibility index (Phi) is 9.32. The molecule has 0 unspecified atom stereocenters. The number of azo groups is 1. The van der Waals surface area contributed by atoms with Gasteiger partial charge in [0.25, 0.3) is 5.69 Å². The normalized spacial score (nSPS) is 10.4. The van der Waals surface area contributed by atoms with Gasteiger partial charge >= 0.3 is 5.97 Å². The fourth-order valence-corrected chi connectivity index (χ4v) is 2.52. The van der Waals surface area contributed by atoms with Crippen LogP contribution in [0.1, 0.15) is 0 Å². The molecule has 0 aliphatic rings. The third kappa shape index (κ3) is 7.86. The first-order valence-electron chi connectivity index (χ1n) is 9.67. The standard InChI is InChI=1S/C23H24N4O5/c1-4-18(3)31-16-14-26(15-17-32-23(28)5-2)21-10-6-19(7-11-21)24-25-20-8-12-22(13-9-20)27(29)30/h4-13H,1-3,14-17H2. The molecule has 0 aliphatic carbocycles. The number of hydrogen-bond donors (Lipinski definition) is 0. The summed E-state index contributed by atoms with van der Waals surface area (Å²) in [6, 6.07) is 13.1. The van der Waals surface area contributed by atoms with Gasteiger partial charge in [0, 0.05) is 23.9 Å². The fraction of sp³-hybridized carbons (Fsp3) is 0.174. The Hall–Kier alpha value is -4.27. The monoisotopic (exact) mass is 436 g/mol. The molecule has 0 fully saturated rings. The first kappa shape index (κ1) is 24.0. The molecule has 9 heteroatoms. The minimum absolute atomic E-state index is 0.00666. The van der Waals surface area contributed by atoms with Crippen LogP contribution in [-0.2, 0) is 14.3 Å². The molecule has 0 aromatic heterocycles. The van der Waals surface area contributed by atoms with Gasteiger partial charge in [-0.25, -0.2) is 4.79 Å². The molecular formula is C23H24N4O5. The van der Waals surface area contributed by atoms with Crippen LogP contribution in [-0.4, -0.2) is 37.2 Å². The van der Waals surface area contributed by atoms with E-state index in [0.29, 0.717) is 36.8 Å². The summed E-state index contributed by atoms with van der Waals surface area (Å²) in [4.78, 5) is 23.5. The van der Waals surface area contributed by atoms with Crippen LogP contribution in [0.5, 0.6) is 0 Å². The first-order chi connectivity index (χ1) is 15.4. The Morgan fingerprint density at radius 1 is 0.938 bits per heavy atom. The summed E-state index contributed by atoms with van der Waals surface area (Å²) in [5, 5.41) is 19.0. The number of ether oxygens (including phenoxy) is 2. The average Bonchev–Trinajstić information content (AvgIpc) is 2.82. The lowest BCUT2D eigenvalue weighted by atomic mass is 10.2. The van der Waals surface area contributed by atoms with Gasteiger partial charge in [0.2, 0.25) is 0 Å². The highest BCUT2D eigenvalue weighted by Gasteiger charge is 2.09. The largest absolute Gasteiger partial charge is 0.492 e. The van der Waals surface area contributed by atoms with Crippen molar-refractivity contribution in [3.63, 3.8) is 0 Å². The van der Waals surface area contributed by atoms with E-state index in [9.17, 15) is 14.9 Å². The SMILES string of the molecule is C=CC(=C)OCCN(CCOC(=O)C=C)c1ccc(N=Nc2ccc([N+](=O)[O-])cc2)cc1. The van der Waals surface area contributed by atoms with Crippen molar-refractivity contribution in [1.82, 2.24) is 0 Å². The van der Waals surface area contributed by atoms with E-state index in [4.69, 9.17) is 9.47 Å². The molecule has 2 aromatic carbocycles. The third-order valence-electron chi connectivity index (χ3n) is 4.20. The summed E-state index contributed by atoms with van der Waals surface area (Å²) in [5.74, 6) is -0.00622. The second-order valence-corrected chi connectivity index (χ2v) is 6.37. The summed E-state index contributed by atoms with van der Waals surface area (Å²) in [6.45, 7) is 12.2. The van der Waals surface area contributed by atoms with Gasteiger partial charge in [0.15, 0.2) is 0 Å². The molecule has 0 heterocycles. The predicted octanol–water partition coefficient (Wildman–Crippen LogP) is 5.26. The Morgan fingerprint density at radius 2 is 1.47 bits per heavy atom. The molecule has 0 bridgehead atoms. The number of non-ortho nitro benzene ring substituents is 1. The Labute approximate surface area is 186 Å². The molecule has 0 N–H and O–H groups in total. The highest BCUT2D eigenvalue weighted by molar-refractivity contribution is 5.81. The molecule has 0 aliphatic heterocycles. The summed E-state index contributed by atoms with van der Waals surface area (Å²) >= 11 is 0. The summed E-state index contributed by atoms with van der Waals surface area (Å²) < 4.78 is 10.5. The van der Waals surface area contributed by atoms with Gasteiger partial charge in [0.05, 0.1) is 29.4 Å². The Bertz CT molecular complexity index is 958. The second-order valence-electron chi connectivity index (χ2n) is 6.37. The fourth-order valence-electron chi connectivity index (χ4n) is 2.52. The second kappa shape index (κ2) is 12.4. The van der Waals surface area contributed by atoms with E-state index in [1.807, 2.05) is 17.0 Å². The van der Waals surface area contributed by atoms with Crippen LogP contribution in [0.3, 0.4) is 0 Å². The highest BCUT2D eigenvalue weighted by atomic mass is 16.6. The summed E-state index contributed by atoms with van der Waals surface area (Å²) in [6.07, 6.45) is 2.65. The molecule has 32 heavy (non-hydrogen) atoms. The number of anilines is 1. The molecule has 9 nitrogen and oxygen atoms in total. The van der Waals surface area contributed by atoms with E-state index in [1.165, 1.54) is 30.3 Å². The van der Waals surface area contributed by atoms with Crippen LogP contribution in [0.2, 0.25) is 0 Å². The number of nitro groups is 1. The van der Waals surface area contributed by atoms with E-state index in [-0.39, 0.29) is 12.3 Å². The molecule has 0 amide bonds. The molecular weight excluding hydrogens is 412 g/mol. The Balaban J connectivity index is 2.04. The first-order valence-corrected chi connectivity index (χ1v) is 9.67. The summed E-state index contributed by atoms with van der Waals surface area (Å²) in [7, 11) is 0. The molecule has 0 spiro atoms. The lowest BCUT2D eigenvalue weighted by Crippen LogP contribution is -2.31. The minimum Gasteiger partial charge on any atom is -0.492 e. The van der Waals surface area contributed by atoms with Crippen LogP contribution in [0, 0.1) is 10.1 Å². The van der Waals surface area contributed by atoms with Crippen molar-refractivity contribution in [2.24, 2.45) is 10.2 Å². The molecule has 0 atom stereocenters. The number of nitro benzene ring substituents is 1. The van der Waals surface area contributed by atoms with E-state index >= 15 is 0 Å². The molecule has 0 saturated heterocycles. The van der Waals surface area contributed by atoms with Crippen molar-refractivity contribution >= 4 is 28.7 Å². The maximum Gasteiger partial charge on any atom is 0.330 e. The average molecular weight is 436 g/mol. The molecule has 2 rings (SSSR count). The van der Waals surface area contributed by atoms with Crippen LogP contribution in [0.4, 0.5) is 22.7 Å². The molecule has 2 aromatic rings. The van der Waals surface area contributed by atoms with Crippen LogP contribution in [0.25, 0.3) is 0 Å². The van der Waals surface area contributed by atoms with Gasteiger partial charge < -0.3 is 14.4 Å². The number of benzene rings is 2. The van der Waals surface area contributed by atoms with E-state index < -0.39 is 10.9 Å². The van der Waals surface area contributed by atoms with Crippen molar-refractivity contribution < 1.29 is 19.2 Å². The van der Waals surface area contributed by atoms with E-state index in [1.54, 1.807) is 12.1 Å². The molecule has 0 saturated carbocycles. The zero-order valence-electron chi connectivity index (χ0n) is 17.6. The maximum absolute atomic E-state index is 11.3. The van der Waals surface area contributed by atoms with E-state index in [2.05, 4.69) is 30.0 Å². The third-order valence-corrected chi connectivity index (χ3v) is 4.20. The Morgan fingerprint density at radius 3 is 1.97 bits per heavy atom. The number of esters is 1. The molecule has 0 radical (unpaired) electrons. The number of rotatable bonds is 13. The van der Waals surface area contributed by atoms with Gasteiger partial charge in [0.1, 0.15) is 19.0 Å². The maximum atomic E-state index is 11.3. The van der Waals surface area contributed by atoms with Gasteiger partial charge in [-0.3, -0.25) is 10.1 Å². The predicted molar refractivity (Wildman–Crippen MR) is 122 cm³/mol. The number of nitrogens with zero attached hydrogens (tertiary/aromatic N) is 4. The molecule has 166 valence electrons. The number of carbonyl (C=O) groups is 1. The minimum atomic E-state index is -0.483. The lowest BCUT2D eigenvalue weighted by Gasteiger charge is -2.24. The van der Waals surface area contributed by atoms with Crippen molar-refractivity contribution in [3.05, 3.63) is 96.3 Å².